The highest BCUT2D eigenvalue weighted by atomic mass is 14.5. The molecule has 0 saturated heterocycles. The number of hydrogen-bond donors (Lipinski definition) is 0. The van der Waals surface area contributed by atoms with E-state index in [2.05, 4.69) is 139 Å². The summed E-state index contributed by atoms with van der Waals surface area (Å²) in [6.07, 6.45) is 18.5. The number of benzene rings is 6. The molecule has 0 radical (unpaired) electrons. The first-order chi connectivity index (χ1) is 26.7. The molecule has 0 N–H and O–H groups in total. The van der Waals surface area contributed by atoms with Crippen LogP contribution in [-0.2, 0) is 16.2 Å². The van der Waals surface area contributed by atoms with Crippen LogP contribution in [0, 0.1) is 0 Å². The molecule has 3 aliphatic rings. The van der Waals surface area contributed by atoms with Gasteiger partial charge in [-0.3, -0.25) is 0 Å². The van der Waals surface area contributed by atoms with Crippen LogP contribution in [-0.4, -0.2) is 0 Å². The summed E-state index contributed by atoms with van der Waals surface area (Å²) in [4.78, 5) is 0. The van der Waals surface area contributed by atoms with Gasteiger partial charge in [0.2, 0.25) is 0 Å². The SMILES string of the molecule is CCCCCCCCC1(CCCCCCCC)c2cc3c(cc2-c2cc4c(cc21)-c1c(ccc2ccccc12)C4(C)C)C(C)(C)c1ccc2ccccc2c1-3. The zero-order valence-corrected chi connectivity index (χ0v) is 34.6. The Morgan fingerprint density at radius 1 is 0.364 bits per heavy atom. The van der Waals surface area contributed by atoms with Gasteiger partial charge in [0.1, 0.15) is 0 Å². The van der Waals surface area contributed by atoms with Gasteiger partial charge in [0.25, 0.3) is 0 Å². The van der Waals surface area contributed by atoms with E-state index in [1.54, 1.807) is 11.1 Å². The number of fused-ring (bicyclic) bond motifs is 13. The molecule has 0 saturated carbocycles. The molecule has 0 unspecified atom stereocenters. The third kappa shape index (κ3) is 5.67. The summed E-state index contributed by atoms with van der Waals surface area (Å²) < 4.78 is 0. The van der Waals surface area contributed by atoms with Gasteiger partial charge >= 0.3 is 0 Å². The third-order valence-corrected chi connectivity index (χ3v) is 14.6. The van der Waals surface area contributed by atoms with Crippen LogP contribution in [0.15, 0.2) is 97.1 Å². The molecule has 0 spiro atoms. The number of hydrogen-bond acceptors (Lipinski definition) is 0. The third-order valence-electron chi connectivity index (χ3n) is 14.6. The zero-order chi connectivity index (χ0) is 38.0. The van der Waals surface area contributed by atoms with Crippen molar-refractivity contribution >= 4 is 21.5 Å². The van der Waals surface area contributed by atoms with E-state index in [0.717, 1.165) is 0 Å². The van der Waals surface area contributed by atoms with Crippen molar-refractivity contribution in [3.05, 3.63) is 130 Å². The first-order valence-corrected chi connectivity index (χ1v) is 22.2. The monoisotopic (exact) mass is 722 g/mol. The summed E-state index contributed by atoms with van der Waals surface area (Å²) in [7, 11) is 0. The normalized spacial score (nSPS) is 16.2. The molecule has 0 fully saturated rings. The van der Waals surface area contributed by atoms with Crippen LogP contribution in [0.1, 0.15) is 165 Å². The van der Waals surface area contributed by atoms with E-state index < -0.39 is 0 Å². The number of rotatable bonds is 14. The molecule has 6 aromatic rings. The van der Waals surface area contributed by atoms with E-state index in [-0.39, 0.29) is 16.2 Å². The van der Waals surface area contributed by atoms with E-state index in [0.29, 0.717) is 0 Å². The van der Waals surface area contributed by atoms with Gasteiger partial charge in [-0.1, -0.05) is 191 Å². The summed E-state index contributed by atoms with van der Waals surface area (Å²) in [5.41, 5.74) is 18.1. The van der Waals surface area contributed by atoms with Crippen LogP contribution in [0.25, 0.3) is 54.9 Å². The maximum Gasteiger partial charge on any atom is 0.0215 e. The van der Waals surface area contributed by atoms with E-state index in [4.69, 9.17) is 0 Å². The molecule has 0 heterocycles. The van der Waals surface area contributed by atoms with Gasteiger partial charge in [-0.2, -0.15) is 0 Å². The van der Waals surface area contributed by atoms with Crippen molar-refractivity contribution in [1.82, 2.24) is 0 Å². The van der Waals surface area contributed by atoms with Crippen LogP contribution < -0.4 is 0 Å². The van der Waals surface area contributed by atoms with Crippen molar-refractivity contribution in [3.63, 3.8) is 0 Å². The second-order valence-electron chi connectivity index (χ2n) is 18.7. The van der Waals surface area contributed by atoms with Gasteiger partial charge in [-0.25, -0.2) is 0 Å². The topological polar surface area (TPSA) is 0 Å². The summed E-state index contributed by atoms with van der Waals surface area (Å²) in [6, 6.07) is 38.7. The summed E-state index contributed by atoms with van der Waals surface area (Å²) >= 11 is 0. The van der Waals surface area contributed by atoms with E-state index in [1.165, 1.54) is 167 Å². The molecule has 0 aliphatic heterocycles. The molecule has 282 valence electrons. The second-order valence-corrected chi connectivity index (χ2v) is 18.7. The maximum atomic E-state index is 2.75. The number of unbranched alkanes of at least 4 members (excludes halogenated alkanes) is 10. The Kier molecular flexibility index (Phi) is 9.35. The van der Waals surface area contributed by atoms with Gasteiger partial charge < -0.3 is 0 Å². The fraction of sp³-hybridized carbons (Fsp3) is 0.418. The summed E-state index contributed by atoms with van der Waals surface area (Å²) in [5.74, 6) is 0. The van der Waals surface area contributed by atoms with Gasteiger partial charge in [-0.15, -0.1) is 0 Å². The van der Waals surface area contributed by atoms with Crippen LogP contribution in [0.4, 0.5) is 0 Å². The molecule has 3 aliphatic carbocycles. The molecule has 0 atom stereocenters. The fourth-order valence-electron chi connectivity index (χ4n) is 11.6. The lowest BCUT2D eigenvalue weighted by Crippen LogP contribution is -2.26. The first-order valence-electron chi connectivity index (χ1n) is 22.2. The second kappa shape index (κ2) is 14.1. The van der Waals surface area contributed by atoms with Gasteiger partial charge in [0.15, 0.2) is 0 Å². The minimum Gasteiger partial charge on any atom is -0.0654 e. The summed E-state index contributed by atoms with van der Waals surface area (Å²) in [5, 5.41) is 5.51. The Labute approximate surface area is 331 Å². The molecule has 0 nitrogen and oxygen atoms in total. The minimum absolute atomic E-state index is 0.0131. The molecule has 0 amide bonds. The molecular weight excluding hydrogens is 661 g/mol. The Morgan fingerprint density at radius 3 is 1.18 bits per heavy atom. The quantitative estimate of drug-likeness (QED) is 0.0982. The average molecular weight is 723 g/mol. The van der Waals surface area contributed by atoms with E-state index in [1.807, 2.05) is 0 Å². The molecule has 55 heavy (non-hydrogen) atoms. The van der Waals surface area contributed by atoms with Gasteiger partial charge in [-0.05, 0) is 125 Å². The Bertz CT molecular complexity index is 2240. The largest absolute Gasteiger partial charge is 0.0654 e. The Morgan fingerprint density at radius 2 is 0.745 bits per heavy atom. The smallest absolute Gasteiger partial charge is 0.0215 e. The lowest BCUT2D eigenvalue weighted by molar-refractivity contribution is 0.398. The molecule has 0 bridgehead atoms. The molecular formula is C55H62. The predicted molar refractivity (Wildman–Crippen MR) is 239 cm³/mol. The van der Waals surface area contributed by atoms with Crippen LogP contribution in [0.5, 0.6) is 0 Å². The van der Waals surface area contributed by atoms with Crippen LogP contribution >= 0.6 is 0 Å². The van der Waals surface area contributed by atoms with Crippen molar-refractivity contribution in [2.75, 3.05) is 0 Å². The van der Waals surface area contributed by atoms with E-state index in [9.17, 15) is 0 Å². The first kappa shape index (κ1) is 36.5. The Hall–Kier alpha value is -4.16. The van der Waals surface area contributed by atoms with Gasteiger partial charge in [0, 0.05) is 16.2 Å². The van der Waals surface area contributed by atoms with Crippen molar-refractivity contribution in [1.29, 1.82) is 0 Å². The minimum atomic E-state index is -0.0567. The highest BCUT2D eigenvalue weighted by molar-refractivity contribution is 6.06. The van der Waals surface area contributed by atoms with Crippen molar-refractivity contribution in [2.45, 2.75) is 148 Å². The van der Waals surface area contributed by atoms with Gasteiger partial charge in [0.05, 0.1) is 0 Å². The molecule has 0 heteroatoms. The lowest BCUT2D eigenvalue weighted by Gasteiger charge is -2.34. The Balaban J connectivity index is 1.27. The zero-order valence-electron chi connectivity index (χ0n) is 34.6. The maximum absolute atomic E-state index is 2.75. The fourth-order valence-corrected chi connectivity index (χ4v) is 11.6. The molecule has 6 aromatic carbocycles. The van der Waals surface area contributed by atoms with Crippen molar-refractivity contribution < 1.29 is 0 Å². The van der Waals surface area contributed by atoms with Crippen LogP contribution in [0.3, 0.4) is 0 Å². The highest BCUT2D eigenvalue weighted by Gasteiger charge is 2.48. The van der Waals surface area contributed by atoms with Crippen molar-refractivity contribution in [2.24, 2.45) is 0 Å². The highest BCUT2D eigenvalue weighted by Crippen LogP contribution is 2.62. The van der Waals surface area contributed by atoms with Crippen molar-refractivity contribution in [3.8, 4) is 33.4 Å². The molecule has 0 aromatic heterocycles. The predicted octanol–water partition coefficient (Wildman–Crippen LogP) is 16.4. The van der Waals surface area contributed by atoms with E-state index >= 15 is 0 Å². The average Bonchev–Trinajstić information content (AvgIpc) is 3.69. The summed E-state index contributed by atoms with van der Waals surface area (Å²) in [6.45, 7) is 14.6. The molecule has 9 rings (SSSR count). The lowest BCUT2D eigenvalue weighted by atomic mass is 9.69. The van der Waals surface area contributed by atoms with Crippen LogP contribution in [0.2, 0.25) is 0 Å². The standard InChI is InChI=1S/C55H62/c1-7-9-11-13-15-21-31-55(32-22-16-14-12-10-8-2)49-35-43-47(53(3,4)45-29-27-37-23-17-19-25-39(37)51(43)45)33-41(49)42-34-48-44(36-50(42)55)52-40-26-20-18-24-38(40)28-30-46(52)54(48,5)6/h17-20,23-30,33-36H,7-16,21-22,31-32H2,1-6H3.